The van der Waals surface area contributed by atoms with Crippen molar-refractivity contribution in [1.29, 1.82) is 0 Å². The van der Waals surface area contributed by atoms with Crippen LogP contribution < -0.4 is 5.11 Å². The molecule has 94 valence electrons. The highest BCUT2D eigenvalue weighted by atomic mass is 16.7. The molecule has 0 atom stereocenters. The van der Waals surface area contributed by atoms with Gasteiger partial charge in [0.15, 0.2) is 5.79 Å². The van der Waals surface area contributed by atoms with E-state index >= 15 is 0 Å². The number of carboxylic acids is 1. The lowest BCUT2D eigenvalue weighted by atomic mass is 9.91. The molecule has 0 aromatic heterocycles. The Bertz CT molecular complexity index is 238. The van der Waals surface area contributed by atoms with Gasteiger partial charge in [-0.05, 0) is 13.3 Å². The molecule has 0 saturated carbocycles. The molecule has 0 spiro atoms. The van der Waals surface area contributed by atoms with Gasteiger partial charge in [-0.15, -0.1) is 0 Å². The van der Waals surface area contributed by atoms with E-state index in [4.69, 9.17) is 19.7 Å². The summed E-state index contributed by atoms with van der Waals surface area (Å²) in [5, 5.41) is 28.5. The molecule has 6 nitrogen and oxygen atoms in total. The third kappa shape index (κ3) is 3.15. The summed E-state index contributed by atoms with van der Waals surface area (Å²) in [6, 6.07) is 0. The Balaban J connectivity index is 2.49. The number of aliphatic hydroxyl groups excluding tert-OH is 2. The third-order valence-electron chi connectivity index (χ3n) is 2.82. The number of hydrogen-bond acceptors (Lipinski definition) is 6. The number of aliphatic hydroxyl groups is 2. The maximum atomic E-state index is 10.3. The van der Waals surface area contributed by atoms with E-state index in [1.807, 2.05) is 0 Å². The Morgan fingerprint density at radius 3 is 2.19 bits per heavy atom. The zero-order chi connectivity index (χ0) is 12.2. The fourth-order valence-corrected chi connectivity index (χ4v) is 1.40. The van der Waals surface area contributed by atoms with E-state index in [2.05, 4.69) is 0 Å². The molecule has 16 heavy (non-hydrogen) atoms. The van der Waals surface area contributed by atoms with Gasteiger partial charge < -0.3 is 29.6 Å². The normalized spacial score (nSPS) is 22.9. The molecule has 6 heteroatoms. The Kier molecular flexibility index (Phi) is 4.26. The van der Waals surface area contributed by atoms with Gasteiger partial charge in [-0.2, -0.15) is 0 Å². The topological polar surface area (TPSA) is 99.1 Å². The first-order chi connectivity index (χ1) is 7.45. The molecule has 1 rings (SSSR count). The fraction of sp³-hybridized carbons (Fsp3) is 0.900. The monoisotopic (exact) mass is 233 g/mol. The van der Waals surface area contributed by atoms with Gasteiger partial charge in [0.1, 0.15) is 0 Å². The molecule has 2 N–H and O–H groups in total. The van der Waals surface area contributed by atoms with Gasteiger partial charge in [0.2, 0.25) is 0 Å². The van der Waals surface area contributed by atoms with E-state index in [1.54, 1.807) is 6.92 Å². The Morgan fingerprint density at radius 1 is 1.31 bits per heavy atom. The number of hydrogen-bond donors (Lipinski definition) is 2. The molecule has 1 saturated heterocycles. The number of carboxylic acid groups (broad SMARTS) is 1. The summed E-state index contributed by atoms with van der Waals surface area (Å²) in [5.41, 5.74) is -0.791. The van der Waals surface area contributed by atoms with Crippen LogP contribution in [0.2, 0.25) is 0 Å². The molecule has 1 aliphatic heterocycles. The highest BCUT2D eigenvalue weighted by Crippen LogP contribution is 2.31. The summed E-state index contributed by atoms with van der Waals surface area (Å²) >= 11 is 0. The van der Waals surface area contributed by atoms with Crippen LogP contribution in [0.4, 0.5) is 0 Å². The van der Waals surface area contributed by atoms with Crippen LogP contribution in [0.5, 0.6) is 0 Å². The average Bonchev–Trinajstić information content (AvgIpc) is 2.29. The molecule has 0 radical (unpaired) electrons. The van der Waals surface area contributed by atoms with Crippen molar-refractivity contribution in [3.8, 4) is 0 Å². The minimum Gasteiger partial charge on any atom is -0.550 e. The first-order valence-electron chi connectivity index (χ1n) is 5.15. The lowest BCUT2D eigenvalue weighted by Gasteiger charge is -2.43. The maximum absolute atomic E-state index is 10.3. The summed E-state index contributed by atoms with van der Waals surface area (Å²) in [7, 11) is 0. The first kappa shape index (κ1) is 13.4. The Labute approximate surface area is 93.8 Å². The Hall–Kier alpha value is -0.690. The molecule has 0 aromatic carbocycles. The molecule has 0 aromatic rings. The van der Waals surface area contributed by atoms with Crippen molar-refractivity contribution >= 4 is 5.97 Å². The van der Waals surface area contributed by atoms with E-state index < -0.39 is 17.2 Å². The number of carbonyl (C=O) groups is 1. The van der Waals surface area contributed by atoms with Crippen molar-refractivity contribution in [3.05, 3.63) is 0 Å². The van der Waals surface area contributed by atoms with Crippen molar-refractivity contribution in [1.82, 2.24) is 0 Å². The number of carbonyl (C=O) groups excluding carboxylic acids is 1. The molecule has 0 bridgehead atoms. The van der Waals surface area contributed by atoms with Gasteiger partial charge in [-0.25, -0.2) is 0 Å². The number of ether oxygens (including phenoxy) is 2. The van der Waals surface area contributed by atoms with Gasteiger partial charge in [-0.1, -0.05) is 0 Å². The molecule has 0 aliphatic carbocycles. The minimum absolute atomic E-state index is 0.142. The van der Waals surface area contributed by atoms with E-state index in [0.29, 0.717) is 0 Å². The molecule has 0 amide bonds. The second kappa shape index (κ2) is 5.09. The fourth-order valence-electron chi connectivity index (χ4n) is 1.40. The quantitative estimate of drug-likeness (QED) is 0.584. The van der Waals surface area contributed by atoms with Crippen molar-refractivity contribution in [3.63, 3.8) is 0 Å². The number of rotatable bonds is 5. The minimum atomic E-state index is -1.16. The largest absolute Gasteiger partial charge is 0.550 e. The van der Waals surface area contributed by atoms with Gasteiger partial charge in [-0.3, -0.25) is 0 Å². The van der Waals surface area contributed by atoms with Crippen LogP contribution in [0, 0.1) is 5.41 Å². The van der Waals surface area contributed by atoms with Crippen LogP contribution in [-0.4, -0.2) is 48.4 Å². The van der Waals surface area contributed by atoms with Crippen LogP contribution >= 0.6 is 0 Å². The second-order valence-electron chi connectivity index (χ2n) is 4.40. The lowest BCUT2D eigenvalue weighted by Crippen LogP contribution is -2.51. The summed E-state index contributed by atoms with van der Waals surface area (Å²) in [5.74, 6) is -2.14. The van der Waals surface area contributed by atoms with Crippen molar-refractivity contribution < 1.29 is 29.6 Å². The molecular formula is C10H17O6-. The van der Waals surface area contributed by atoms with Gasteiger partial charge >= 0.3 is 0 Å². The number of aliphatic carboxylic acids is 1. The second-order valence-corrected chi connectivity index (χ2v) is 4.40. The molecular weight excluding hydrogens is 216 g/mol. The van der Waals surface area contributed by atoms with Crippen molar-refractivity contribution in [2.24, 2.45) is 5.41 Å². The summed E-state index contributed by atoms with van der Waals surface area (Å²) < 4.78 is 10.8. The predicted octanol–water partition coefficient (Wildman–Crippen LogP) is -1.75. The third-order valence-corrected chi connectivity index (χ3v) is 2.82. The zero-order valence-electron chi connectivity index (χ0n) is 9.27. The summed E-state index contributed by atoms with van der Waals surface area (Å²) in [4.78, 5) is 10.3. The smallest absolute Gasteiger partial charge is 0.165 e. The van der Waals surface area contributed by atoms with E-state index in [-0.39, 0.29) is 39.3 Å². The van der Waals surface area contributed by atoms with Crippen LogP contribution in [0.1, 0.15) is 19.8 Å². The average molecular weight is 233 g/mol. The van der Waals surface area contributed by atoms with Crippen molar-refractivity contribution in [2.45, 2.75) is 25.6 Å². The zero-order valence-corrected chi connectivity index (χ0v) is 9.27. The Morgan fingerprint density at radius 2 is 1.81 bits per heavy atom. The van der Waals surface area contributed by atoms with Crippen LogP contribution in [0.15, 0.2) is 0 Å². The van der Waals surface area contributed by atoms with E-state index in [0.717, 1.165) is 0 Å². The molecule has 0 unspecified atom stereocenters. The highest BCUT2D eigenvalue weighted by molar-refractivity contribution is 5.64. The van der Waals surface area contributed by atoms with Crippen molar-refractivity contribution in [2.75, 3.05) is 26.4 Å². The molecule has 1 aliphatic rings. The summed E-state index contributed by atoms with van der Waals surface area (Å²) in [6.45, 7) is 1.45. The van der Waals surface area contributed by atoms with E-state index in [1.165, 1.54) is 0 Å². The highest BCUT2D eigenvalue weighted by Gasteiger charge is 2.41. The summed E-state index contributed by atoms with van der Waals surface area (Å²) in [6.07, 6.45) is 0.0318. The first-order valence-corrected chi connectivity index (χ1v) is 5.15. The maximum Gasteiger partial charge on any atom is 0.165 e. The van der Waals surface area contributed by atoms with Crippen LogP contribution in [-0.2, 0) is 14.3 Å². The van der Waals surface area contributed by atoms with Gasteiger partial charge in [0.05, 0.1) is 31.8 Å². The van der Waals surface area contributed by atoms with Gasteiger partial charge in [0.25, 0.3) is 0 Å². The molecule has 1 fully saturated rings. The van der Waals surface area contributed by atoms with Gasteiger partial charge in [0, 0.05) is 12.4 Å². The standard InChI is InChI=1S/C10H18O6/c1-9(3-2-8(13)14)15-6-10(4-11,5-12)7-16-9/h11-12H,2-7H2,1H3,(H,13,14)/p-1. The van der Waals surface area contributed by atoms with E-state index in [9.17, 15) is 9.90 Å². The van der Waals surface area contributed by atoms with Crippen LogP contribution in [0.3, 0.4) is 0 Å². The SMILES string of the molecule is CC1(CCC(=O)[O-])OCC(CO)(CO)CO1. The predicted molar refractivity (Wildman–Crippen MR) is 51.2 cm³/mol. The lowest BCUT2D eigenvalue weighted by molar-refractivity contribution is -0.321. The molecule has 1 heterocycles. The van der Waals surface area contributed by atoms with Crippen LogP contribution in [0.25, 0.3) is 0 Å².